The number of aryl methyl sites for hydroxylation is 1. The van der Waals surface area contributed by atoms with Crippen molar-refractivity contribution in [3.63, 3.8) is 0 Å². The molecule has 0 amide bonds. The van der Waals surface area contributed by atoms with Gasteiger partial charge in [0.25, 0.3) is 10.0 Å². The summed E-state index contributed by atoms with van der Waals surface area (Å²) in [4.78, 5) is 2.45. The molecular formula is C24H36N2O3S. The number of benzene rings is 2. The highest BCUT2D eigenvalue weighted by Crippen LogP contribution is 2.24. The monoisotopic (exact) mass is 432 g/mol. The number of sulfonamides is 1. The number of rotatable bonds is 11. The molecule has 0 aliphatic carbocycles. The van der Waals surface area contributed by atoms with Gasteiger partial charge in [0, 0.05) is 19.6 Å². The molecule has 0 radical (unpaired) electrons. The summed E-state index contributed by atoms with van der Waals surface area (Å²) in [5, 5.41) is 10.9. The van der Waals surface area contributed by atoms with Gasteiger partial charge >= 0.3 is 0 Å². The fraction of sp³-hybridized carbons (Fsp3) is 0.500. The van der Waals surface area contributed by atoms with Gasteiger partial charge in [0.05, 0.1) is 23.2 Å². The van der Waals surface area contributed by atoms with Gasteiger partial charge < -0.3 is 10.0 Å². The molecule has 1 N–H and O–H groups in total. The van der Waals surface area contributed by atoms with E-state index in [2.05, 4.69) is 32.6 Å². The van der Waals surface area contributed by atoms with Crippen molar-refractivity contribution >= 4 is 15.7 Å². The van der Waals surface area contributed by atoms with Crippen LogP contribution in [-0.4, -0.2) is 50.7 Å². The highest BCUT2D eigenvalue weighted by atomic mass is 32.2. The molecule has 1 atom stereocenters. The van der Waals surface area contributed by atoms with Crippen LogP contribution in [0.15, 0.2) is 59.5 Å². The van der Waals surface area contributed by atoms with Crippen molar-refractivity contribution < 1.29 is 13.5 Å². The fourth-order valence-corrected chi connectivity index (χ4v) is 5.08. The Kier molecular flexibility index (Phi) is 8.89. The number of aliphatic hydroxyl groups excluding tert-OH is 1. The SMILES string of the molecule is Cc1ccc(S(=O)(=O)N(C[C@H](O)CN(CC(C)C)CC(C)C)c2ccccc2)cc1. The van der Waals surface area contributed by atoms with Crippen molar-refractivity contribution in [2.75, 3.05) is 30.5 Å². The Morgan fingerprint density at radius 3 is 1.83 bits per heavy atom. The molecule has 30 heavy (non-hydrogen) atoms. The molecule has 0 fully saturated rings. The Labute approximate surface area is 182 Å². The lowest BCUT2D eigenvalue weighted by atomic mass is 10.1. The molecular weight excluding hydrogens is 396 g/mol. The largest absolute Gasteiger partial charge is 0.390 e. The van der Waals surface area contributed by atoms with Crippen LogP contribution in [0.1, 0.15) is 33.3 Å². The Hall–Kier alpha value is -1.89. The van der Waals surface area contributed by atoms with Gasteiger partial charge in [-0.2, -0.15) is 0 Å². The van der Waals surface area contributed by atoms with Crippen LogP contribution in [0.3, 0.4) is 0 Å². The second-order valence-electron chi connectivity index (χ2n) is 8.84. The van der Waals surface area contributed by atoms with E-state index in [9.17, 15) is 13.5 Å². The summed E-state index contributed by atoms with van der Waals surface area (Å²) in [6.45, 7) is 12.7. The normalized spacial score (nSPS) is 13.2. The molecule has 2 aromatic carbocycles. The second kappa shape index (κ2) is 10.9. The molecule has 0 aromatic heterocycles. The molecule has 0 aliphatic rings. The molecule has 0 unspecified atom stereocenters. The highest BCUT2D eigenvalue weighted by Gasteiger charge is 2.28. The average Bonchev–Trinajstić information content (AvgIpc) is 2.66. The Morgan fingerprint density at radius 2 is 1.33 bits per heavy atom. The topological polar surface area (TPSA) is 60.9 Å². The zero-order valence-corrected chi connectivity index (χ0v) is 19.6. The minimum absolute atomic E-state index is 0.00686. The highest BCUT2D eigenvalue weighted by molar-refractivity contribution is 7.92. The minimum atomic E-state index is -3.79. The average molecular weight is 433 g/mol. The maximum absolute atomic E-state index is 13.4. The molecule has 2 rings (SSSR count). The van der Waals surface area contributed by atoms with Crippen molar-refractivity contribution in [1.29, 1.82) is 0 Å². The van der Waals surface area contributed by atoms with Gasteiger partial charge in [-0.15, -0.1) is 0 Å². The molecule has 5 nitrogen and oxygen atoms in total. The van der Waals surface area contributed by atoms with Gasteiger partial charge in [-0.05, 0) is 43.0 Å². The minimum Gasteiger partial charge on any atom is -0.390 e. The first-order chi connectivity index (χ1) is 14.1. The third kappa shape index (κ3) is 7.11. The lowest BCUT2D eigenvalue weighted by Gasteiger charge is -2.31. The standard InChI is InChI=1S/C24H36N2O3S/c1-19(2)15-25(16-20(3)4)17-23(27)18-26(22-9-7-6-8-10-22)30(28,29)24-13-11-21(5)12-14-24/h6-14,19-20,23,27H,15-18H2,1-5H3/t23-/m1/s1. The second-order valence-corrected chi connectivity index (χ2v) is 10.7. The third-order valence-electron chi connectivity index (χ3n) is 4.75. The Morgan fingerprint density at radius 1 is 0.800 bits per heavy atom. The lowest BCUT2D eigenvalue weighted by molar-refractivity contribution is 0.104. The van der Waals surface area contributed by atoms with Gasteiger partial charge in [-0.3, -0.25) is 4.31 Å². The van der Waals surface area contributed by atoms with Crippen molar-refractivity contribution in [2.24, 2.45) is 11.8 Å². The Bertz CT molecular complexity index is 855. The third-order valence-corrected chi connectivity index (χ3v) is 6.55. The first-order valence-corrected chi connectivity index (χ1v) is 12.1. The van der Waals surface area contributed by atoms with E-state index in [4.69, 9.17) is 0 Å². The maximum Gasteiger partial charge on any atom is 0.264 e. The van der Waals surface area contributed by atoms with E-state index in [1.54, 1.807) is 36.4 Å². The van der Waals surface area contributed by atoms with Crippen LogP contribution < -0.4 is 4.31 Å². The summed E-state index contributed by atoms with van der Waals surface area (Å²) in [6, 6.07) is 15.8. The summed E-state index contributed by atoms with van der Waals surface area (Å²) in [5.41, 5.74) is 1.55. The lowest BCUT2D eigenvalue weighted by Crippen LogP contribution is -2.44. The van der Waals surface area contributed by atoms with Gasteiger partial charge in [0.1, 0.15) is 0 Å². The molecule has 166 valence electrons. The van der Waals surface area contributed by atoms with Crippen molar-refractivity contribution in [2.45, 2.75) is 45.6 Å². The molecule has 6 heteroatoms. The molecule has 0 aliphatic heterocycles. The predicted molar refractivity (Wildman–Crippen MR) is 124 cm³/mol. The van der Waals surface area contributed by atoms with Gasteiger partial charge in [0.15, 0.2) is 0 Å². The van der Waals surface area contributed by atoms with E-state index in [-0.39, 0.29) is 11.4 Å². The molecule has 2 aromatic rings. The van der Waals surface area contributed by atoms with Crippen LogP contribution in [0.25, 0.3) is 0 Å². The van der Waals surface area contributed by atoms with Crippen molar-refractivity contribution in [3.05, 3.63) is 60.2 Å². The number of anilines is 1. The van der Waals surface area contributed by atoms with Gasteiger partial charge in [-0.1, -0.05) is 63.6 Å². The number of aliphatic hydroxyl groups is 1. The van der Waals surface area contributed by atoms with Crippen LogP contribution in [0, 0.1) is 18.8 Å². The van der Waals surface area contributed by atoms with Gasteiger partial charge in [-0.25, -0.2) is 8.42 Å². The summed E-state index contributed by atoms with van der Waals surface area (Å²) in [7, 11) is -3.79. The molecule has 0 bridgehead atoms. The summed E-state index contributed by atoms with van der Waals surface area (Å²) >= 11 is 0. The molecule has 0 heterocycles. The van der Waals surface area contributed by atoms with E-state index in [1.807, 2.05) is 25.1 Å². The summed E-state index contributed by atoms with van der Waals surface area (Å²) < 4.78 is 28.2. The van der Waals surface area contributed by atoms with Crippen molar-refractivity contribution in [1.82, 2.24) is 4.90 Å². The predicted octanol–water partition coefficient (Wildman–Crippen LogP) is 4.17. The van der Waals surface area contributed by atoms with E-state index < -0.39 is 16.1 Å². The number of para-hydroxylation sites is 1. The molecule has 0 saturated carbocycles. The zero-order valence-electron chi connectivity index (χ0n) is 18.8. The quantitative estimate of drug-likeness (QED) is 0.579. The van der Waals surface area contributed by atoms with Crippen LogP contribution in [-0.2, 0) is 10.0 Å². The first-order valence-electron chi connectivity index (χ1n) is 10.6. The fourth-order valence-electron chi connectivity index (χ4n) is 3.58. The summed E-state index contributed by atoms with van der Waals surface area (Å²) in [6.07, 6.45) is -0.803. The number of hydrogen-bond acceptors (Lipinski definition) is 4. The van der Waals surface area contributed by atoms with E-state index in [0.717, 1.165) is 18.7 Å². The van der Waals surface area contributed by atoms with E-state index in [1.165, 1.54) is 4.31 Å². The van der Waals surface area contributed by atoms with E-state index in [0.29, 0.717) is 24.1 Å². The van der Waals surface area contributed by atoms with Crippen LogP contribution in [0.4, 0.5) is 5.69 Å². The van der Waals surface area contributed by atoms with Crippen LogP contribution >= 0.6 is 0 Å². The number of nitrogens with zero attached hydrogens (tertiary/aromatic N) is 2. The van der Waals surface area contributed by atoms with Crippen LogP contribution in [0.5, 0.6) is 0 Å². The van der Waals surface area contributed by atoms with Crippen LogP contribution in [0.2, 0.25) is 0 Å². The van der Waals surface area contributed by atoms with E-state index >= 15 is 0 Å². The summed E-state index contributed by atoms with van der Waals surface area (Å²) in [5.74, 6) is 0.940. The molecule has 0 spiro atoms. The first kappa shape index (κ1) is 24.4. The number of hydrogen-bond donors (Lipinski definition) is 1. The Balaban J connectivity index is 2.28. The maximum atomic E-state index is 13.4. The smallest absolute Gasteiger partial charge is 0.264 e. The zero-order chi connectivity index (χ0) is 22.3. The molecule has 0 saturated heterocycles. The van der Waals surface area contributed by atoms with Crippen molar-refractivity contribution in [3.8, 4) is 0 Å². The van der Waals surface area contributed by atoms with Gasteiger partial charge in [0.2, 0.25) is 0 Å².